The van der Waals surface area contributed by atoms with Gasteiger partial charge in [-0.25, -0.2) is 4.39 Å². The van der Waals surface area contributed by atoms with Gasteiger partial charge >= 0.3 is 0 Å². The van der Waals surface area contributed by atoms with Crippen molar-refractivity contribution in [3.8, 4) is 0 Å². The summed E-state index contributed by atoms with van der Waals surface area (Å²) in [6.07, 6.45) is 1.78. The molecule has 1 aromatic heterocycles. The van der Waals surface area contributed by atoms with E-state index in [-0.39, 0.29) is 5.82 Å². The first-order chi connectivity index (χ1) is 10.2. The lowest BCUT2D eigenvalue weighted by Crippen LogP contribution is -2.19. The number of pyridine rings is 1. The molecule has 4 heteroatoms. The van der Waals surface area contributed by atoms with Crippen molar-refractivity contribution in [2.45, 2.75) is 26.6 Å². The van der Waals surface area contributed by atoms with Crippen LogP contribution in [-0.4, -0.2) is 23.5 Å². The maximum atomic E-state index is 13.9. The molecule has 0 saturated carbocycles. The van der Waals surface area contributed by atoms with Crippen molar-refractivity contribution < 1.29 is 4.39 Å². The second kappa shape index (κ2) is 7.86. The predicted octanol–water partition coefficient (Wildman–Crippen LogP) is 2.96. The molecule has 21 heavy (non-hydrogen) atoms. The largest absolute Gasteiger partial charge is 0.313 e. The van der Waals surface area contributed by atoms with Gasteiger partial charge in [-0.05, 0) is 37.4 Å². The van der Waals surface area contributed by atoms with E-state index >= 15 is 0 Å². The fourth-order valence-electron chi connectivity index (χ4n) is 2.24. The molecule has 0 spiro atoms. The lowest BCUT2D eigenvalue weighted by molar-refractivity contribution is 0.309. The van der Waals surface area contributed by atoms with Crippen LogP contribution in [0, 0.1) is 5.82 Å². The van der Waals surface area contributed by atoms with Gasteiger partial charge in [0.25, 0.3) is 0 Å². The summed E-state index contributed by atoms with van der Waals surface area (Å²) in [6.45, 7) is 5.02. The Morgan fingerprint density at radius 1 is 1.19 bits per heavy atom. The van der Waals surface area contributed by atoms with Crippen LogP contribution < -0.4 is 5.32 Å². The van der Waals surface area contributed by atoms with Crippen molar-refractivity contribution in [2.75, 3.05) is 13.6 Å². The molecule has 0 aliphatic heterocycles. The van der Waals surface area contributed by atoms with Crippen LogP contribution in [0.15, 0.2) is 42.6 Å². The first-order valence-electron chi connectivity index (χ1n) is 7.25. The van der Waals surface area contributed by atoms with Crippen LogP contribution in [0.2, 0.25) is 0 Å². The van der Waals surface area contributed by atoms with E-state index in [9.17, 15) is 4.39 Å². The summed E-state index contributed by atoms with van der Waals surface area (Å²) in [4.78, 5) is 6.36. The van der Waals surface area contributed by atoms with Gasteiger partial charge in [-0.1, -0.05) is 25.1 Å². The Kier molecular flexibility index (Phi) is 5.84. The lowest BCUT2D eigenvalue weighted by atomic mass is 10.1. The molecule has 1 N–H and O–H groups in total. The van der Waals surface area contributed by atoms with Crippen molar-refractivity contribution in [3.63, 3.8) is 0 Å². The van der Waals surface area contributed by atoms with Crippen LogP contribution in [-0.2, 0) is 19.6 Å². The van der Waals surface area contributed by atoms with Gasteiger partial charge in [0, 0.05) is 31.4 Å². The predicted molar refractivity (Wildman–Crippen MR) is 83.2 cm³/mol. The molecule has 0 unspecified atom stereocenters. The van der Waals surface area contributed by atoms with Gasteiger partial charge in [0.05, 0.1) is 5.69 Å². The van der Waals surface area contributed by atoms with E-state index in [2.05, 4.69) is 22.1 Å². The van der Waals surface area contributed by atoms with Gasteiger partial charge in [-0.2, -0.15) is 0 Å². The summed E-state index contributed by atoms with van der Waals surface area (Å²) in [6, 6.07) is 11.2. The number of halogens is 1. The molecule has 0 atom stereocenters. The third kappa shape index (κ3) is 4.92. The van der Waals surface area contributed by atoms with Crippen molar-refractivity contribution in [1.29, 1.82) is 0 Å². The summed E-state index contributed by atoms with van der Waals surface area (Å²) < 4.78 is 13.9. The van der Waals surface area contributed by atoms with Gasteiger partial charge in [-0.15, -0.1) is 0 Å². The lowest BCUT2D eigenvalue weighted by Gasteiger charge is -2.17. The molecule has 0 amide bonds. The standard InChI is InChI=1S/C17H22FN3/c1-3-19-11-14-7-8-17(18)15(10-14)12-21(2)13-16-6-4-5-9-20-16/h4-10,19H,3,11-13H2,1-2H3. The van der Waals surface area contributed by atoms with E-state index in [1.165, 1.54) is 0 Å². The highest BCUT2D eigenvalue weighted by atomic mass is 19.1. The van der Waals surface area contributed by atoms with Crippen LogP contribution in [0.5, 0.6) is 0 Å². The quantitative estimate of drug-likeness (QED) is 0.848. The van der Waals surface area contributed by atoms with Crippen LogP contribution in [0.25, 0.3) is 0 Å². The minimum atomic E-state index is -0.150. The SMILES string of the molecule is CCNCc1ccc(F)c(CN(C)Cc2ccccn2)c1. The smallest absolute Gasteiger partial charge is 0.127 e. The number of benzene rings is 1. The third-order valence-corrected chi connectivity index (χ3v) is 3.29. The molecule has 3 nitrogen and oxygen atoms in total. The second-order valence-corrected chi connectivity index (χ2v) is 5.20. The van der Waals surface area contributed by atoms with Gasteiger partial charge in [-0.3, -0.25) is 9.88 Å². The summed E-state index contributed by atoms with van der Waals surface area (Å²) >= 11 is 0. The fourth-order valence-corrected chi connectivity index (χ4v) is 2.24. The third-order valence-electron chi connectivity index (χ3n) is 3.29. The Hall–Kier alpha value is -1.78. The Morgan fingerprint density at radius 3 is 2.76 bits per heavy atom. The van der Waals surface area contributed by atoms with Gasteiger partial charge in [0.2, 0.25) is 0 Å². The van der Waals surface area contributed by atoms with Crippen LogP contribution >= 0.6 is 0 Å². The van der Waals surface area contributed by atoms with Gasteiger partial charge in [0.1, 0.15) is 5.82 Å². The molecule has 2 rings (SSSR count). The van der Waals surface area contributed by atoms with E-state index in [0.717, 1.165) is 29.9 Å². The summed E-state index contributed by atoms with van der Waals surface area (Å²) in [5, 5.41) is 3.26. The number of aromatic nitrogens is 1. The first kappa shape index (κ1) is 15.6. The number of hydrogen-bond donors (Lipinski definition) is 1. The Labute approximate surface area is 125 Å². The summed E-state index contributed by atoms with van der Waals surface area (Å²) in [5.41, 5.74) is 2.83. The zero-order chi connectivity index (χ0) is 15.1. The van der Waals surface area contributed by atoms with E-state index < -0.39 is 0 Å². The number of nitrogens with zero attached hydrogens (tertiary/aromatic N) is 2. The highest BCUT2D eigenvalue weighted by molar-refractivity contribution is 5.25. The molecule has 0 fully saturated rings. The first-order valence-corrected chi connectivity index (χ1v) is 7.25. The topological polar surface area (TPSA) is 28.2 Å². The maximum absolute atomic E-state index is 13.9. The zero-order valence-electron chi connectivity index (χ0n) is 12.6. The van der Waals surface area contributed by atoms with E-state index in [1.807, 2.05) is 37.4 Å². The average Bonchev–Trinajstić information content (AvgIpc) is 2.49. The molecule has 0 bridgehead atoms. The number of nitrogens with one attached hydrogen (secondary N) is 1. The zero-order valence-corrected chi connectivity index (χ0v) is 12.6. The van der Waals surface area contributed by atoms with Crippen molar-refractivity contribution in [3.05, 3.63) is 65.2 Å². The van der Waals surface area contributed by atoms with Crippen LogP contribution in [0.1, 0.15) is 23.7 Å². The molecule has 1 heterocycles. The molecule has 0 radical (unpaired) electrons. The Morgan fingerprint density at radius 2 is 2.05 bits per heavy atom. The Bertz CT molecular complexity index is 557. The summed E-state index contributed by atoms with van der Waals surface area (Å²) in [7, 11) is 1.98. The molecule has 1 aromatic carbocycles. The highest BCUT2D eigenvalue weighted by Crippen LogP contribution is 2.14. The minimum absolute atomic E-state index is 0.150. The monoisotopic (exact) mass is 287 g/mol. The average molecular weight is 287 g/mol. The molecule has 0 saturated heterocycles. The normalized spacial score (nSPS) is 11.0. The minimum Gasteiger partial charge on any atom is -0.313 e. The molecule has 0 aliphatic carbocycles. The second-order valence-electron chi connectivity index (χ2n) is 5.20. The molecule has 112 valence electrons. The molecular formula is C17H22FN3. The Balaban J connectivity index is 2.00. The number of hydrogen-bond acceptors (Lipinski definition) is 3. The van der Waals surface area contributed by atoms with Crippen molar-refractivity contribution in [1.82, 2.24) is 15.2 Å². The van der Waals surface area contributed by atoms with Gasteiger partial charge in [0.15, 0.2) is 0 Å². The van der Waals surface area contributed by atoms with E-state index in [1.54, 1.807) is 12.3 Å². The summed E-state index contributed by atoms with van der Waals surface area (Å²) in [5.74, 6) is -0.150. The van der Waals surface area contributed by atoms with Crippen molar-refractivity contribution in [2.24, 2.45) is 0 Å². The highest BCUT2D eigenvalue weighted by Gasteiger charge is 2.08. The van der Waals surface area contributed by atoms with Crippen LogP contribution in [0.4, 0.5) is 4.39 Å². The molecular weight excluding hydrogens is 265 g/mol. The van der Waals surface area contributed by atoms with Crippen LogP contribution in [0.3, 0.4) is 0 Å². The fraction of sp³-hybridized carbons (Fsp3) is 0.353. The molecule has 2 aromatic rings. The van der Waals surface area contributed by atoms with Gasteiger partial charge < -0.3 is 5.32 Å². The van der Waals surface area contributed by atoms with E-state index in [0.29, 0.717) is 13.1 Å². The maximum Gasteiger partial charge on any atom is 0.127 e. The molecule has 0 aliphatic rings. The number of rotatable bonds is 7. The van der Waals surface area contributed by atoms with E-state index in [4.69, 9.17) is 0 Å². The van der Waals surface area contributed by atoms with Crippen molar-refractivity contribution >= 4 is 0 Å².